The summed E-state index contributed by atoms with van der Waals surface area (Å²) in [4.78, 5) is 18.1. The van der Waals surface area contributed by atoms with Gasteiger partial charge in [0.2, 0.25) is 0 Å². The number of aromatic amines is 1. The molecule has 0 aliphatic heterocycles. The zero-order valence-corrected chi connectivity index (χ0v) is 21.1. The van der Waals surface area contributed by atoms with E-state index in [2.05, 4.69) is 61.8 Å². The predicted molar refractivity (Wildman–Crippen MR) is 142 cm³/mol. The van der Waals surface area contributed by atoms with E-state index in [9.17, 15) is 9.90 Å². The molecule has 0 fully saturated rings. The summed E-state index contributed by atoms with van der Waals surface area (Å²) in [6, 6.07) is 12.5. The average molecular weight is 463 g/mol. The first kappa shape index (κ1) is 23.5. The van der Waals surface area contributed by atoms with Crippen LogP contribution in [0.4, 0.5) is 0 Å². The number of phenolic OH excluding ortho intramolecular Hbond substituents is 1. The second-order valence-electron chi connectivity index (χ2n) is 8.98. The molecule has 2 aromatic carbocycles. The van der Waals surface area contributed by atoms with Gasteiger partial charge in [-0.3, -0.25) is 4.79 Å². The number of hydrogen-bond acceptors (Lipinski definition) is 4. The number of H-pyrrole nitrogens is 1. The molecule has 4 nitrogen and oxygen atoms in total. The van der Waals surface area contributed by atoms with Gasteiger partial charge in [-0.1, -0.05) is 52.0 Å². The quantitative estimate of drug-likeness (QED) is 0.302. The van der Waals surface area contributed by atoms with Crippen LogP contribution in [0.15, 0.2) is 46.6 Å². The van der Waals surface area contributed by atoms with Crippen LogP contribution in [0.25, 0.3) is 32.1 Å². The summed E-state index contributed by atoms with van der Waals surface area (Å²) in [5.74, 6) is 0.243. The molecule has 0 unspecified atom stereocenters. The first-order valence-electron chi connectivity index (χ1n) is 12.0. The summed E-state index contributed by atoms with van der Waals surface area (Å²) in [6.45, 7) is 14.1. The third-order valence-corrected chi connectivity index (χ3v) is 8.36. The number of rotatable bonds is 8. The van der Waals surface area contributed by atoms with Gasteiger partial charge in [-0.15, -0.1) is 11.3 Å². The fourth-order valence-corrected chi connectivity index (χ4v) is 6.01. The number of benzene rings is 2. The average Bonchev–Trinajstić information content (AvgIpc) is 3.33. The Kier molecular flexibility index (Phi) is 6.64. The number of thiophene rings is 1. The molecule has 0 atom stereocenters. The molecule has 174 valence electrons. The van der Waals surface area contributed by atoms with Crippen LogP contribution in [0.1, 0.15) is 51.7 Å². The van der Waals surface area contributed by atoms with Crippen molar-refractivity contribution in [2.45, 2.75) is 52.9 Å². The van der Waals surface area contributed by atoms with Crippen LogP contribution in [-0.4, -0.2) is 34.6 Å². The Hall–Kier alpha value is -2.63. The van der Waals surface area contributed by atoms with Crippen molar-refractivity contribution in [3.63, 3.8) is 0 Å². The van der Waals surface area contributed by atoms with Gasteiger partial charge in [0.1, 0.15) is 10.4 Å². The Labute approximate surface area is 199 Å². The molecule has 0 bridgehead atoms. The minimum Gasteiger partial charge on any atom is -0.507 e. The molecule has 0 spiro atoms. The van der Waals surface area contributed by atoms with Gasteiger partial charge in [0.05, 0.1) is 5.52 Å². The van der Waals surface area contributed by atoms with E-state index in [1.54, 1.807) is 6.07 Å². The Morgan fingerprint density at radius 1 is 1.03 bits per heavy atom. The number of phenols is 1. The maximum atomic E-state index is 12.6. The van der Waals surface area contributed by atoms with E-state index in [-0.39, 0.29) is 16.7 Å². The fourth-order valence-electron chi connectivity index (χ4n) is 5.21. The van der Waals surface area contributed by atoms with Gasteiger partial charge in [0, 0.05) is 28.3 Å². The summed E-state index contributed by atoms with van der Waals surface area (Å²) in [6.07, 6.45) is 2.16. The molecule has 2 aromatic heterocycles. The van der Waals surface area contributed by atoms with Crippen molar-refractivity contribution >= 4 is 32.3 Å². The van der Waals surface area contributed by atoms with Crippen LogP contribution >= 0.6 is 11.3 Å². The lowest BCUT2D eigenvalue weighted by atomic mass is 9.75. The van der Waals surface area contributed by atoms with Crippen LogP contribution < -0.4 is 5.56 Å². The fraction of sp³-hybridized carbons (Fsp3) is 0.393. The van der Waals surface area contributed by atoms with E-state index < -0.39 is 0 Å². The number of likely N-dealkylation sites (N-methyl/N-ethyl adjacent to an activating group) is 1. The van der Waals surface area contributed by atoms with E-state index in [1.807, 2.05) is 18.4 Å². The Morgan fingerprint density at radius 2 is 1.70 bits per heavy atom. The zero-order chi connectivity index (χ0) is 23.8. The second-order valence-corrected chi connectivity index (χ2v) is 9.90. The van der Waals surface area contributed by atoms with Crippen LogP contribution in [0.3, 0.4) is 0 Å². The molecule has 4 aromatic rings. The zero-order valence-electron chi connectivity index (χ0n) is 20.3. The highest BCUT2D eigenvalue weighted by Gasteiger charge is 2.30. The molecule has 5 heteroatoms. The lowest BCUT2D eigenvalue weighted by Crippen LogP contribution is -2.40. The first-order chi connectivity index (χ1) is 15.9. The molecule has 0 saturated heterocycles. The highest BCUT2D eigenvalue weighted by atomic mass is 32.1. The van der Waals surface area contributed by atoms with Crippen molar-refractivity contribution in [1.82, 2.24) is 9.88 Å². The molecule has 0 saturated carbocycles. The van der Waals surface area contributed by atoms with E-state index in [0.29, 0.717) is 4.70 Å². The summed E-state index contributed by atoms with van der Waals surface area (Å²) in [5, 5.41) is 14.8. The third-order valence-electron chi connectivity index (χ3n) is 7.44. The predicted octanol–water partition coefficient (Wildman–Crippen LogP) is 6.82. The minimum absolute atomic E-state index is 0.0744. The second kappa shape index (κ2) is 9.32. The molecule has 0 radical (unpaired) electrons. The molecule has 0 aliphatic carbocycles. The summed E-state index contributed by atoms with van der Waals surface area (Å²) >= 11 is 1.44. The van der Waals surface area contributed by atoms with Gasteiger partial charge in [0.25, 0.3) is 5.56 Å². The lowest BCUT2D eigenvalue weighted by molar-refractivity contribution is 0.212. The monoisotopic (exact) mass is 462 g/mol. The summed E-state index contributed by atoms with van der Waals surface area (Å²) < 4.78 is 0.695. The number of aryl methyl sites for hydroxylation is 1. The minimum atomic E-state index is -0.0744. The van der Waals surface area contributed by atoms with Crippen LogP contribution in [0, 0.1) is 6.92 Å². The highest BCUT2D eigenvalue weighted by Crippen LogP contribution is 2.42. The number of pyridine rings is 1. The van der Waals surface area contributed by atoms with Gasteiger partial charge >= 0.3 is 0 Å². The molecular formula is C28H34N2O2S. The van der Waals surface area contributed by atoms with Crippen molar-refractivity contribution in [2.75, 3.05) is 19.6 Å². The molecule has 0 aliphatic rings. The van der Waals surface area contributed by atoms with Crippen molar-refractivity contribution < 1.29 is 5.11 Å². The molecular weight excluding hydrogens is 428 g/mol. The van der Waals surface area contributed by atoms with Crippen LogP contribution in [0.5, 0.6) is 5.75 Å². The third kappa shape index (κ3) is 3.98. The van der Waals surface area contributed by atoms with Crippen LogP contribution in [-0.2, 0) is 5.41 Å². The standard InChI is InChI=1S/C28H34N2O2S/c1-6-28(7-2,17-30(8-3)9-4)20-12-10-19(11-13-20)23-22(31)16-18(5)25-24(23)21-14-15-33-26(21)27(32)29-25/h10-16,31H,6-9,17H2,1-5H3,(H,29,32). The number of aromatic nitrogens is 1. The van der Waals surface area contributed by atoms with Gasteiger partial charge in [0.15, 0.2) is 0 Å². The maximum absolute atomic E-state index is 12.6. The number of fused-ring (bicyclic) bond motifs is 3. The Morgan fingerprint density at radius 3 is 2.30 bits per heavy atom. The van der Waals surface area contributed by atoms with Gasteiger partial charge in [-0.2, -0.15) is 0 Å². The molecule has 2 heterocycles. The number of nitrogens with zero attached hydrogens (tertiary/aromatic N) is 1. The van der Waals surface area contributed by atoms with E-state index in [1.165, 1.54) is 16.9 Å². The largest absolute Gasteiger partial charge is 0.507 e. The van der Waals surface area contributed by atoms with Gasteiger partial charge < -0.3 is 15.0 Å². The SMILES string of the molecule is CCN(CC)CC(CC)(CC)c1ccc(-c2c(O)cc(C)c3[nH]c(=O)c4sccc4c23)cc1. The Bertz CT molecular complexity index is 1330. The molecule has 4 rings (SSSR count). The number of aromatic hydroxyl groups is 1. The normalized spacial score (nSPS) is 12.3. The van der Waals surface area contributed by atoms with E-state index in [0.717, 1.165) is 65.5 Å². The van der Waals surface area contributed by atoms with E-state index in [4.69, 9.17) is 0 Å². The van der Waals surface area contributed by atoms with Crippen molar-refractivity contribution in [3.05, 3.63) is 63.3 Å². The van der Waals surface area contributed by atoms with Gasteiger partial charge in [-0.25, -0.2) is 0 Å². The van der Waals surface area contributed by atoms with Gasteiger partial charge in [-0.05, 0) is 67.1 Å². The van der Waals surface area contributed by atoms with Crippen molar-refractivity contribution in [1.29, 1.82) is 0 Å². The van der Waals surface area contributed by atoms with E-state index >= 15 is 0 Å². The Balaban J connectivity index is 1.88. The van der Waals surface area contributed by atoms with Crippen molar-refractivity contribution in [2.24, 2.45) is 0 Å². The number of nitrogens with one attached hydrogen (secondary N) is 1. The topological polar surface area (TPSA) is 56.3 Å². The smallest absolute Gasteiger partial charge is 0.266 e. The van der Waals surface area contributed by atoms with Crippen LogP contribution in [0.2, 0.25) is 0 Å². The highest BCUT2D eigenvalue weighted by molar-refractivity contribution is 7.17. The summed E-state index contributed by atoms with van der Waals surface area (Å²) in [7, 11) is 0. The number of hydrogen-bond donors (Lipinski definition) is 2. The molecule has 33 heavy (non-hydrogen) atoms. The molecule has 0 amide bonds. The molecule has 2 N–H and O–H groups in total. The first-order valence-corrected chi connectivity index (χ1v) is 12.9. The summed E-state index contributed by atoms with van der Waals surface area (Å²) in [5.41, 5.74) is 4.77. The van der Waals surface area contributed by atoms with Crippen molar-refractivity contribution in [3.8, 4) is 16.9 Å². The maximum Gasteiger partial charge on any atom is 0.266 e. The lowest BCUT2D eigenvalue weighted by Gasteiger charge is -2.37.